The fourth-order valence-electron chi connectivity index (χ4n) is 5.74. The lowest BCUT2D eigenvalue weighted by molar-refractivity contribution is 0.0700. The standard InChI is InChI=1S/C40H31NO5/c1-40(41-35(37(43)29-17-9-4-10-18-29)38(44)30-19-11-5-12-20-30)34(27-23-25-32(45-2)26-24-27)33(36(42)28-15-7-3-8-16-28)39(46-40)31-21-13-6-14-22-31/h3-26,34H,1-2H3. The van der Waals surface area contributed by atoms with Crippen LogP contribution in [0, 0.1) is 0 Å². The van der Waals surface area contributed by atoms with Gasteiger partial charge >= 0.3 is 0 Å². The lowest BCUT2D eigenvalue weighted by Gasteiger charge is -2.29. The van der Waals surface area contributed by atoms with E-state index in [1.54, 1.807) is 111 Å². The summed E-state index contributed by atoms with van der Waals surface area (Å²) in [7, 11) is 1.58. The van der Waals surface area contributed by atoms with Gasteiger partial charge in [0.2, 0.25) is 17.3 Å². The minimum Gasteiger partial charge on any atom is -0.497 e. The second-order valence-corrected chi connectivity index (χ2v) is 11.0. The van der Waals surface area contributed by atoms with Crippen molar-refractivity contribution in [2.75, 3.05) is 7.11 Å². The summed E-state index contributed by atoms with van der Waals surface area (Å²) in [6, 6.07) is 42.7. The van der Waals surface area contributed by atoms with E-state index in [2.05, 4.69) is 0 Å². The second kappa shape index (κ2) is 13.0. The third kappa shape index (κ3) is 5.93. The van der Waals surface area contributed by atoms with Crippen LogP contribution in [-0.4, -0.2) is 35.9 Å². The highest BCUT2D eigenvalue weighted by atomic mass is 16.5. The van der Waals surface area contributed by atoms with E-state index in [-0.39, 0.29) is 11.5 Å². The van der Waals surface area contributed by atoms with Gasteiger partial charge in [-0.05, 0) is 24.6 Å². The molecule has 2 atom stereocenters. The first-order valence-corrected chi connectivity index (χ1v) is 14.9. The minimum atomic E-state index is -1.58. The molecule has 1 aliphatic rings. The Hall–Kier alpha value is -5.88. The molecule has 0 saturated carbocycles. The monoisotopic (exact) mass is 605 g/mol. The van der Waals surface area contributed by atoms with Crippen LogP contribution in [0.15, 0.2) is 156 Å². The molecule has 1 aliphatic heterocycles. The van der Waals surface area contributed by atoms with E-state index in [9.17, 15) is 14.4 Å². The number of nitrogens with zero attached hydrogens (tertiary/aromatic N) is 1. The van der Waals surface area contributed by atoms with Crippen molar-refractivity contribution < 1.29 is 23.9 Å². The molecule has 6 rings (SSSR count). The Labute approximate surface area is 267 Å². The van der Waals surface area contributed by atoms with Gasteiger partial charge in [-0.15, -0.1) is 0 Å². The lowest BCUT2D eigenvalue weighted by Crippen LogP contribution is -2.36. The average Bonchev–Trinajstić information content (AvgIpc) is 3.44. The molecule has 2 unspecified atom stereocenters. The zero-order valence-corrected chi connectivity index (χ0v) is 25.4. The fourth-order valence-corrected chi connectivity index (χ4v) is 5.74. The molecule has 0 radical (unpaired) electrons. The zero-order valence-electron chi connectivity index (χ0n) is 25.4. The van der Waals surface area contributed by atoms with Crippen molar-refractivity contribution in [3.05, 3.63) is 179 Å². The number of ether oxygens (including phenoxy) is 2. The van der Waals surface area contributed by atoms with Crippen LogP contribution in [0.2, 0.25) is 0 Å². The van der Waals surface area contributed by atoms with Gasteiger partial charge in [-0.2, -0.15) is 0 Å². The number of aliphatic imine (C=N–C) groups is 1. The molecule has 5 aromatic rings. The smallest absolute Gasteiger partial charge is 0.215 e. The van der Waals surface area contributed by atoms with E-state index in [0.717, 1.165) is 0 Å². The first-order valence-electron chi connectivity index (χ1n) is 14.9. The van der Waals surface area contributed by atoms with Crippen molar-refractivity contribution in [3.8, 4) is 5.75 Å². The summed E-state index contributed by atoms with van der Waals surface area (Å²) in [5, 5.41) is 0. The quantitative estimate of drug-likeness (QED) is 0.0915. The Morgan fingerprint density at radius 1 is 0.630 bits per heavy atom. The normalized spacial score (nSPS) is 17.1. The zero-order chi connectivity index (χ0) is 32.1. The maximum Gasteiger partial charge on any atom is 0.215 e. The van der Waals surface area contributed by atoms with E-state index >= 15 is 0 Å². The Bertz CT molecular complexity index is 1880. The van der Waals surface area contributed by atoms with E-state index in [4.69, 9.17) is 14.5 Å². The molecule has 5 aromatic carbocycles. The van der Waals surface area contributed by atoms with Crippen LogP contribution in [-0.2, 0) is 4.74 Å². The maximum absolute atomic E-state index is 14.5. The summed E-state index contributed by atoms with van der Waals surface area (Å²) in [5.74, 6) is -1.17. The summed E-state index contributed by atoms with van der Waals surface area (Å²) in [5.41, 5.74) is 0.966. The van der Waals surface area contributed by atoms with Crippen molar-refractivity contribution >= 4 is 28.8 Å². The molecule has 226 valence electrons. The number of rotatable bonds is 10. The van der Waals surface area contributed by atoms with E-state index in [0.29, 0.717) is 44.9 Å². The van der Waals surface area contributed by atoms with Gasteiger partial charge in [-0.3, -0.25) is 14.4 Å². The van der Waals surface area contributed by atoms with Crippen molar-refractivity contribution in [2.24, 2.45) is 4.99 Å². The van der Waals surface area contributed by atoms with Crippen LogP contribution in [0.3, 0.4) is 0 Å². The van der Waals surface area contributed by atoms with Crippen LogP contribution < -0.4 is 4.74 Å². The van der Waals surface area contributed by atoms with Crippen molar-refractivity contribution in [1.29, 1.82) is 0 Å². The predicted octanol–water partition coefficient (Wildman–Crippen LogP) is 8.03. The van der Waals surface area contributed by atoms with Gasteiger partial charge in [0.25, 0.3) is 0 Å². The van der Waals surface area contributed by atoms with Crippen molar-refractivity contribution in [1.82, 2.24) is 0 Å². The molecule has 6 heteroatoms. The van der Waals surface area contributed by atoms with Gasteiger partial charge < -0.3 is 9.47 Å². The molecule has 0 bridgehead atoms. The predicted molar refractivity (Wildman–Crippen MR) is 178 cm³/mol. The number of benzene rings is 5. The van der Waals surface area contributed by atoms with Crippen LogP contribution in [0.1, 0.15) is 55.0 Å². The van der Waals surface area contributed by atoms with Gasteiger partial charge in [-0.1, -0.05) is 133 Å². The van der Waals surface area contributed by atoms with E-state index in [1.165, 1.54) is 0 Å². The summed E-state index contributed by atoms with van der Waals surface area (Å²) < 4.78 is 12.2. The van der Waals surface area contributed by atoms with Crippen molar-refractivity contribution in [2.45, 2.75) is 18.6 Å². The maximum atomic E-state index is 14.5. The average molecular weight is 606 g/mol. The number of hydrogen-bond acceptors (Lipinski definition) is 6. The Kier molecular flexibility index (Phi) is 8.53. The summed E-state index contributed by atoms with van der Waals surface area (Å²) in [6.45, 7) is 1.71. The first kappa shape index (κ1) is 30.2. The first-order chi connectivity index (χ1) is 22.4. The Balaban J connectivity index is 1.60. The molecule has 0 aliphatic carbocycles. The van der Waals surface area contributed by atoms with E-state index in [1.807, 2.05) is 48.5 Å². The fraction of sp³-hybridized carbons (Fsp3) is 0.100. The van der Waals surface area contributed by atoms with Crippen LogP contribution in [0.25, 0.3) is 5.76 Å². The molecule has 0 aromatic heterocycles. The van der Waals surface area contributed by atoms with Gasteiger partial charge in [0, 0.05) is 22.3 Å². The molecule has 0 N–H and O–H groups in total. The number of hydrogen-bond donors (Lipinski definition) is 0. The Morgan fingerprint density at radius 2 is 1.09 bits per heavy atom. The topological polar surface area (TPSA) is 82.0 Å². The summed E-state index contributed by atoms with van der Waals surface area (Å²) >= 11 is 0. The number of carbonyl (C=O) groups excluding carboxylic acids is 3. The number of methoxy groups -OCH3 is 1. The number of ketones is 3. The third-order valence-corrected chi connectivity index (χ3v) is 7.98. The third-order valence-electron chi connectivity index (χ3n) is 7.98. The number of Topliss-reactive ketones (excluding diaryl/α,β-unsaturated/α-hetero) is 3. The molecule has 0 saturated heterocycles. The molecule has 1 heterocycles. The molecular formula is C40H31NO5. The molecular weight excluding hydrogens is 574 g/mol. The molecule has 46 heavy (non-hydrogen) atoms. The summed E-state index contributed by atoms with van der Waals surface area (Å²) in [6.07, 6.45) is 0. The SMILES string of the molecule is COc1ccc(C2C(C(=O)c3ccccc3)=C(c3ccccc3)OC2(C)N=C(C(=O)c2ccccc2)C(=O)c2ccccc2)cc1. The second-order valence-electron chi connectivity index (χ2n) is 11.0. The van der Waals surface area contributed by atoms with Gasteiger partial charge in [0.05, 0.1) is 18.6 Å². The highest BCUT2D eigenvalue weighted by Gasteiger charge is 2.51. The van der Waals surface area contributed by atoms with Crippen LogP contribution in [0.5, 0.6) is 5.75 Å². The highest BCUT2D eigenvalue weighted by molar-refractivity contribution is 6.72. The van der Waals surface area contributed by atoms with Crippen LogP contribution in [0.4, 0.5) is 0 Å². The molecule has 6 nitrogen and oxygen atoms in total. The van der Waals surface area contributed by atoms with Gasteiger partial charge in [0.15, 0.2) is 11.5 Å². The van der Waals surface area contributed by atoms with Crippen molar-refractivity contribution in [3.63, 3.8) is 0 Å². The van der Waals surface area contributed by atoms with E-state index < -0.39 is 23.2 Å². The largest absolute Gasteiger partial charge is 0.497 e. The minimum absolute atomic E-state index is 0.246. The van der Waals surface area contributed by atoms with Gasteiger partial charge in [-0.25, -0.2) is 4.99 Å². The molecule has 0 spiro atoms. The summed E-state index contributed by atoms with van der Waals surface area (Å²) in [4.78, 5) is 47.6. The molecule has 0 fully saturated rings. The van der Waals surface area contributed by atoms with Gasteiger partial charge in [0.1, 0.15) is 11.5 Å². The Morgan fingerprint density at radius 3 is 1.57 bits per heavy atom. The lowest BCUT2D eigenvalue weighted by atomic mass is 9.80. The molecule has 0 amide bonds. The number of carbonyl (C=O) groups is 3. The van der Waals surface area contributed by atoms with Crippen LogP contribution >= 0.6 is 0 Å². The highest BCUT2D eigenvalue weighted by Crippen LogP contribution is 2.51.